The Kier molecular flexibility index (Phi) is 35.7. The van der Waals surface area contributed by atoms with E-state index in [4.69, 9.17) is 0 Å². The number of nitrogens with zero attached hydrogens (tertiary/aromatic N) is 1. The monoisotopic (exact) mass is 276 g/mol. The summed E-state index contributed by atoms with van der Waals surface area (Å²) < 4.78 is 0. The first-order valence-electron chi connectivity index (χ1n) is 1.92. The van der Waals surface area contributed by atoms with E-state index in [9.17, 15) is 0 Å². The van der Waals surface area contributed by atoms with Gasteiger partial charge in [-0.15, -0.1) is 0 Å². The number of nitrogens with two attached hydrogens (primary N) is 1. The number of hydrogen-bond donors (Lipinski definition) is 1. The molecule has 0 aromatic rings. The van der Waals surface area contributed by atoms with Crippen LogP contribution in [0, 0.1) is 0 Å². The summed E-state index contributed by atoms with van der Waals surface area (Å²) in [6, 6.07) is 0. The average molecular weight is 276 g/mol. The zero-order chi connectivity index (χ0) is 5.58. The maximum Gasteiger partial charge on any atom is 0 e. The Labute approximate surface area is 61.8 Å². The van der Waals surface area contributed by atoms with Crippen molar-refractivity contribution < 1.29 is 22.5 Å². The topological polar surface area (TPSA) is 29.3 Å². The van der Waals surface area contributed by atoms with Crippen molar-refractivity contribution >= 4 is 0 Å². The molecule has 3 heteroatoms. The van der Waals surface area contributed by atoms with E-state index in [2.05, 4.69) is 5.73 Å². The molecule has 0 rings (SSSR count). The van der Waals surface area contributed by atoms with Crippen molar-refractivity contribution in [3.63, 3.8) is 0 Å². The van der Waals surface area contributed by atoms with Crippen LogP contribution in [0.25, 0.3) is 0 Å². The van der Waals surface area contributed by atoms with Gasteiger partial charge in [-0.25, -0.2) is 0 Å². The SMILES string of the molecule is CN.CN(C)C.[HH].[W]. The molecule has 0 fully saturated rings. The third-order valence-corrected chi connectivity index (χ3v) is 0. The minimum atomic E-state index is 0. The molecule has 2 N–H and O–H groups in total. The van der Waals surface area contributed by atoms with Crippen LogP contribution in [-0.2, 0) is 21.1 Å². The second-order valence-electron chi connectivity index (χ2n) is 1.34. The van der Waals surface area contributed by atoms with Crippen LogP contribution in [0.1, 0.15) is 1.43 Å². The van der Waals surface area contributed by atoms with Crippen molar-refractivity contribution in [3.8, 4) is 0 Å². The molecule has 48 valence electrons. The molecule has 0 bridgehead atoms. The van der Waals surface area contributed by atoms with E-state index in [1.807, 2.05) is 26.0 Å². The average Bonchev–Trinajstić information content (AvgIpc) is 1.41. The first kappa shape index (κ1) is 15.6. The van der Waals surface area contributed by atoms with E-state index in [-0.39, 0.29) is 22.5 Å². The van der Waals surface area contributed by atoms with Gasteiger partial charge in [0.05, 0.1) is 0 Å². The summed E-state index contributed by atoms with van der Waals surface area (Å²) in [6.45, 7) is 0. The first-order valence-corrected chi connectivity index (χ1v) is 1.92. The van der Waals surface area contributed by atoms with Crippen molar-refractivity contribution in [2.24, 2.45) is 5.73 Å². The van der Waals surface area contributed by atoms with Crippen molar-refractivity contribution in [1.82, 2.24) is 4.90 Å². The fraction of sp³-hybridized carbons (Fsp3) is 1.00. The van der Waals surface area contributed by atoms with Gasteiger partial charge in [0.2, 0.25) is 0 Å². The van der Waals surface area contributed by atoms with Crippen molar-refractivity contribution in [3.05, 3.63) is 0 Å². The molecule has 0 unspecified atom stereocenters. The predicted molar refractivity (Wildman–Crippen MR) is 31.8 cm³/mol. The van der Waals surface area contributed by atoms with Gasteiger partial charge in [0.25, 0.3) is 0 Å². The maximum absolute atomic E-state index is 4.50. The van der Waals surface area contributed by atoms with Gasteiger partial charge in [0.1, 0.15) is 0 Å². The van der Waals surface area contributed by atoms with Gasteiger partial charge in [0.15, 0.2) is 0 Å². The van der Waals surface area contributed by atoms with Crippen LogP contribution in [0.2, 0.25) is 0 Å². The van der Waals surface area contributed by atoms with Crippen molar-refractivity contribution in [2.45, 2.75) is 0 Å². The van der Waals surface area contributed by atoms with E-state index in [1.54, 1.807) is 0 Å². The molecule has 0 aromatic carbocycles. The van der Waals surface area contributed by atoms with Gasteiger partial charge < -0.3 is 10.6 Å². The van der Waals surface area contributed by atoms with Gasteiger partial charge in [-0.3, -0.25) is 0 Å². The number of hydrogen-bond acceptors (Lipinski definition) is 2. The Hall–Kier alpha value is 0.608. The summed E-state index contributed by atoms with van der Waals surface area (Å²) in [7, 11) is 7.50. The molecule has 0 aliphatic rings. The second-order valence-corrected chi connectivity index (χ2v) is 1.34. The van der Waals surface area contributed by atoms with Crippen LogP contribution in [0.4, 0.5) is 0 Å². The predicted octanol–water partition coefficient (Wildman–Crippen LogP) is -0.00380. The molecule has 2 nitrogen and oxygen atoms in total. The Balaban J connectivity index is -0.0000000183. The number of rotatable bonds is 0. The van der Waals surface area contributed by atoms with E-state index in [1.165, 1.54) is 7.05 Å². The summed E-state index contributed by atoms with van der Waals surface area (Å²) in [4.78, 5) is 2.00. The molecule has 0 aliphatic heterocycles. The van der Waals surface area contributed by atoms with Gasteiger partial charge in [-0.05, 0) is 28.2 Å². The van der Waals surface area contributed by atoms with E-state index in [0.29, 0.717) is 0 Å². The van der Waals surface area contributed by atoms with Crippen LogP contribution >= 0.6 is 0 Å². The van der Waals surface area contributed by atoms with Crippen LogP contribution in [0.3, 0.4) is 0 Å². The smallest absolute Gasteiger partial charge is 0 e. The van der Waals surface area contributed by atoms with Gasteiger partial charge in [0, 0.05) is 22.5 Å². The van der Waals surface area contributed by atoms with Crippen LogP contribution in [0.15, 0.2) is 0 Å². The Morgan fingerprint density at radius 3 is 1.14 bits per heavy atom. The van der Waals surface area contributed by atoms with Crippen LogP contribution in [-0.4, -0.2) is 33.1 Å². The molecule has 0 aliphatic carbocycles. The molecule has 0 heterocycles. The Bertz CT molecular complexity index is 18.8. The quantitative estimate of drug-likeness (QED) is 0.674. The molecule has 7 heavy (non-hydrogen) atoms. The summed E-state index contributed by atoms with van der Waals surface area (Å²) in [6.07, 6.45) is 0. The van der Waals surface area contributed by atoms with E-state index < -0.39 is 0 Å². The fourth-order valence-electron chi connectivity index (χ4n) is 0. The summed E-state index contributed by atoms with van der Waals surface area (Å²) in [5.41, 5.74) is 4.50. The van der Waals surface area contributed by atoms with Gasteiger partial charge in [-0.2, -0.15) is 0 Å². The normalized spacial score (nSPS) is 6.00. The van der Waals surface area contributed by atoms with E-state index in [0.717, 1.165) is 0 Å². The van der Waals surface area contributed by atoms with Crippen molar-refractivity contribution in [2.75, 3.05) is 28.2 Å². The van der Waals surface area contributed by atoms with Crippen LogP contribution in [0.5, 0.6) is 0 Å². The summed E-state index contributed by atoms with van der Waals surface area (Å²) >= 11 is 0. The molecular formula is C4H16N2W. The molecule has 0 saturated heterocycles. The third kappa shape index (κ3) is 379. The zero-order valence-electron chi connectivity index (χ0n) is 5.43. The molecule has 0 saturated carbocycles. The van der Waals surface area contributed by atoms with Crippen molar-refractivity contribution in [1.29, 1.82) is 0 Å². The fourth-order valence-corrected chi connectivity index (χ4v) is 0. The molecule has 0 atom stereocenters. The second kappa shape index (κ2) is 16.0. The van der Waals surface area contributed by atoms with Gasteiger partial charge in [-0.1, -0.05) is 0 Å². The molecule has 0 aromatic heterocycles. The molecular weight excluding hydrogens is 260 g/mol. The molecule has 0 spiro atoms. The Morgan fingerprint density at radius 2 is 1.14 bits per heavy atom. The van der Waals surface area contributed by atoms with Crippen LogP contribution < -0.4 is 5.73 Å². The van der Waals surface area contributed by atoms with E-state index >= 15 is 0 Å². The first-order chi connectivity index (χ1) is 2.73. The minimum Gasteiger partial charge on any atom is -0.333 e. The largest absolute Gasteiger partial charge is 0.333 e. The third-order valence-electron chi connectivity index (χ3n) is 0. The maximum atomic E-state index is 4.50. The zero-order valence-corrected chi connectivity index (χ0v) is 8.37. The summed E-state index contributed by atoms with van der Waals surface area (Å²) in [5, 5.41) is 0. The summed E-state index contributed by atoms with van der Waals surface area (Å²) in [5.74, 6) is 0. The minimum absolute atomic E-state index is 0. The Morgan fingerprint density at radius 1 is 1.14 bits per heavy atom. The standard InChI is InChI=1S/C3H9N.CH5N.W.H2/c1-4(2)3;1-2;;/h1-3H3;2H2,1H3;;1H. The molecule has 0 amide bonds. The van der Waals surface area contributed by atoms with Gasteiger partial charge >= 0.3 is 0 Å². The molecule has 0 radical (unpaired) electrons.